The SMILES string of the molecule is O=C1/C(=C/c2cccs2)SC(=Nc2ccccc2F)N1C1CCCCC1. The summed E-state index contributed by atoms with van der Waals surface area (Å²) in [4.78, 5) is 21.1. The fourth-order valence-corrected chi connectivity index (χ4v) is 5.15. The zero-order valence-corrected chi connectivity index (χ0v) is 15.9. The van der Waals surface area contributed by atoms with E-state index in [-0.39, 0.29) is 23.5 Å². The fraction of sp³-hybridized carbons (Fsp3) is 0.300. The molecule has 1 aliphatic carbocycles. The number of carbonyl (C=O) groups excluding carboxylic acids is 1. The maximum absolute atomic E-state index is 14.1. The first-order valence-electron chi connectivity index (χ1n) is 8.82. The zero-order valence-electron chi connectivity index (χ0n) is 14.2. The zero-order chi connectivity index (χ0) is 17.9. The van der Waals surface area contributed by atoms with E-state index < -0.39 is 0 Å². The summed E-state index contributed by atoms with van der Waals surface area (Å²) in [7, 11) is 0. The van der Waals surface area contributed by atoms with E-state index in [1.807, 2.05) is 23.6 Å². The number of thioether (sulfide) groups is 1. The van der Waals surface area contributed by atoms with E-state index in [1.54, 1.807) is 34.4 Å². The number of carbonyl (C=O) groups is 1. The van der Waals surface area contributed by atoms with Crippen molar-refractivity contribution in [1.29, 1.82) is 0 Å². The van der Waals surface area contributed by atoms with Crippen LogP contribution in [-0.4, -0.2) is 22.0 Å². The summed E-state index contributed by atoms with van der Waals surface area (Å²) in [5.74, 6) is -0.377. The standard InChI is InChI=1S/C20H19FN2OS2/c21-16-10-4-5-11-17(16)22-20-23(14-7-2-1-3-8-14)19(24)18(26-20)13-15-9-6-12-25-15/h4-6,9-14H,1-3,7-8H2/b18-13-,22-20?. The minimum absolute atomic E-state index is 0.00890. The molecule has 0 bridgehead atoms. The van der Waals surface area contributed by atoms with E-state index in [2.05, 4.69) is 4.99 Å². The third-order valence-electron chi connectivity index (χ3n) is 4.66. The molecule has 2 heterocycles. The first-order chi connectivity index (χ1) is 12.7. The molecular formula is C20H19FN2OS2. The van der Waals surface area contributed by atoms with Gasteiger partial charge in [0.1, 0.15) is 11.5 Å². The molecule has 0 radical (unpaired) electrons. The Hall–Kier alpha value is -1.92. The van der Waals surface area contributed by atoms with Crippen molar-refractivity contribution in [1.82, 2.24) is 4.90 Å². The summed E-state index contributed by atoms with van der Waals surface area (Å²) in [6.07, 6.45) is 7.33. The van der Waals surface area contributed by atoms with Crippen LogP contribution in [0.1, 0.15) is 37.0 Å². The summed E-state index contributed by atoms with van der Waals surface area (Å²) < 4.78 is 14.1. The molecule has 0 unspecified atom stereocenters. The van der Waals surface area contributed by atoms with Gasteiger partial charge in [-0.2, -0.15) is 0 Å². The Labute approximate surface area is 160 Å². The average molecular weight is 387 g/mol. The topological polar surface area (TPSA) is 32.7 Å². The Kier molecular flexibility index (Phi) is 5.22. The number of hydrogen-bond donors (Lipinski definition) is 0. The number of aliphatic imine (C=N–C) groups is 1. The minimum atomic E-state index is -0.368. The van der Waals surface area contributed by atoms with Crippen LogP contribution in [0.4, 0.5) is 10.1 Å². The van der Waals surface area contributed by atoms with Crippen molar-refractivity contribution in [3.8, 4) is 0 Å². The van der Waals surface area contributed by atoms with Crippen molar-refractivity contribution in [2.45, 2.75) is 38.1 Å². The minimum Gasteiger partial charge on any atom is -0.283 e. The molecule has 2 aliphatic rings. The highest BCUT2D eigenvalue weighted by molar-refractivity contribution is 8.18. The van der Waals surface area contributed by atoms with Gasteiger partial charge in [-0.15, -0.1) is 11.3 Å². The molecule has 1 saturated carbocycles. The lowest BCUT2D eigenvalue weighted by molar-refractivity contribution is -0.124. The van der Waals surface area contributed by atoms with Crippen LogP contribution < -0.4 is 0 Å². The van der Waals surface area contributed by atoms with Crippen LogP contribution in [-0.2, 0) is 4.79 Å². The first kappa shape index (κ1) is 17.5. The Morgan fingerprint density at radius 2 is 1.92 bits per heavy atom. The molecule has 134 valence electrons. The molecule has 1 aliphatic heterocycles. The molecule has 26 heavy (non-hydrogen) atoms. The van der Waals surface area contributed by atoms with E-state index in [9.17, 15) is 9.18 Å². The summed E-state index contributed by atoms with van der Waals surface area (Å²) >= 11 is 2.95. The Balaban J connectivity index is 1.71. The lowest BCUT2D eigenvalue weighted by atomic mass is 9.94. The summed E-state index contributed by atoms with van der Waals surface area (Å²) in [5.41, 5.74) is 0.279. The van der Waals surface area contributed by atoms with Gasteiger partial charge in [0.2, 0.25) is 0 Å². The molecule has 2 fully saturated rings. The molecule has 0 N–H and O–H groups in total. The Morgan fingerprint density at radius 1 is 1.12 bits per heavy atom. The van der Waals surface area contributed by atoms with E-state index in [4.69, 9.17) is 0 Å². The second-order valence-corrected chi connectivity index (χ2v) is 8.43. The molecule has 6 heteroatoms. The van der Waals surface area contributed by atoms with Gasteiger partial charge in [-0.25, -0.2) is 9.38 Å². The van der Waals surface area contributed by atoms with Gasteiger partial charge in [0.25, 0.3) is 5.91 Å². The number of amides is 1. The molecule has 1 aromatic carbocycles. The van der Waals surface area contributed by atoms with Gasteiger partial charge in [-0.3, -0.25) is 9.69 Å². The quantitative estimate of drug-likeness (QED) is 0.622. The molecule has 2 aromatic rings. The van der Waals surface area contributed by atoms with Crippen molar-refractivity contribution >= 4 is 45.9 Å². The monoisotopic (exact) mass is 386 g/mol. The molecule has 0 spiro atoms. The number of amidine groups is 1. The van der Waals surface area contributed by atoms with Gasteiger partial charge < -0.3 is 0 Å². The number of benzene rings is 1. The lowest BCUT2D eigenvalue weighted by Gasteiger charge is -2.30. The highest BCUT2D eigenvalue weighted by atomic mass is 32.2. The number of nitrogens with zero attached hydrogens (tertiary/aromatic N) is 2. The van der Waals surface area contributed by atoms with Crippen LogP contribution >= 0.6 is 23.1 Å². The normalized spacial score (nSPS) is 21.9. The fourth-order valence-electron chi connectivity index (χ4n) is 3.37. The van der Waals surface area contributed by atoms with Gasteiger partial charge in [0.15, 0.2) is 5.17 Å². The number of halogens is 1. The van der Waals surface area contributed by atoms with Crippen molar-refractivity contribution in [3.05, 3.63) is 57.4 Å². The van der Waals surface area contributed by atoms with Gasteiger partial charge in [-0.1, -0.05) is 37.5 Å². The van der Waals surface area contributed by atoms with E-state index in [1.165, 1.54) is 24.2 Å². The van der Waals surface area contributed by atoms with Crippen LogP contribution in [0.2, 0.25) is 0 Å². The summed E-state index contributed by atoms with van der Waals surface area (Å²) in [6.45, 7) is 0. The van der Waals surface area contributed by atoms with E-state index in [0.29, 0.717) is 10.1 Å². The van der Waals surface area contributed by atoms with Crippen molar-refractivity contribution in [2.75, 3.05) is 0 Å². The van der Waals surface area contributed by atoms with Gasteiger partial charge in [0.05, 0.1) is 4.91 Å². The highest BCUT2D eigenvalue weighted by Crippen LogP contribution is 2.39. The predicted molar refractivity (Wildman–Crippen MR) is 107 cm³/mol. The van der Waals surface area contributed by atoms with E-state index >= 15 is 0 Å². The molecule has 4 rings (SSSR count). The number of hydrogen-bond acceptors (Lipinski definition) is 4. The maximum atomic E-state index is 14.1. The van der Waals surface area contributed by atoms with Crippen molar-refractivity contribution in [3.63, 3.8) is 0 Å². The third-order valence-corrected chi connectivity index (χ3v) is 6.46. The van der Waals surface area contributed by atoms with Crippen LogP contribution in [0.15, 0.2) is 51.7 Å². The second-order valence-electron chi connectivity index (χ2n) is 6.44. The van der Waals surface area contributed by atoms with Crippen molar-refractivity contribution < 1.29 is 9.18 Å². The smallest absolute Gasteiger partial charge is 0.267 e. The van der Waals surface area contributed by atoms with Gasteiger partial charge in [-0.05, 0) is 54.3 Å². The first-order valence-corrected chi connectivity index (χ1v) is 10.5. The molecule has 0 atom stereocenters. The Bertz CT molecular complexity index is 854. The largest absolute Gasteiger partial charge is 0.283 e. The van der Waals surface area contributed by atoms with Gasteiger partial charge in [0, 0.05) is 10.9 Å². The Morgan fingerprint density at radius 3 is 2.65 bits per heavy atom. The van der Waals surface area contributed by atoms with Gasteiger partial charge >= 0.3 is 0 Å². The number of para-hydroxylation sites is 1. The van der Waals surface area contributed by atoms with Crippen LogP contribution in [0.5, 0.6) is 0 Å². The van der Waals surface area contributed by atoms with E-state index in [0.717, 1.165) is 30.6 Å². The molecule has 1 aromatic heterocycles. The van der Waals surface area contributed by atoms with Crippen molar-refractivity contribution in [2.24, 2.45) is 4.99 Å². The number of rotatable bonds is 3. The summed E-state index contributed by atoms with van der Waals surface area (Å²) in [5, 5.41) is 2.58. The second kappa shape index (κ2) is 7.76. The maximum Gasteiger partial charge on any atom is 0.267 e. The highest BCUT2D eigenvalue weighted by Gasteiger charge is 2.38. The molecule has 1 saturated heterocycles. The third kappa shape index (κ3) is 3.62. The molecule has 1 amide bonds. The van der Waals surface area contributed by atoms with Crippen LogP contribution in [0.25, 0.3) is 6.08 Å². The van der Waals surface area contributed by atoms with Crippen LogP contribution in [0, 0.1) is 5.82 Å². The number of thiophene rings is 1. The van der Waals surface area contributed by atoms with Crippen LogP contribution in [0.3, 0.4) is 0 Å². The average Bonchev–Trinajstić information content (AvgIpc) is 3.27. The molecular weight excluding hydrogens is 367 g/mol. The lowest BCUT2D eigenvalue weighted by Crippen LogP contribution is -2.40. The summed E-state index contributed by atoms with van der Waals surface area (Å²) in [6, 6.07) is 10.6. The predicted octanol–water partition coefficient (Wildman–Crippen LogP) is 5.82. The molecule has 3 nitrogen and oxygen atoms in total.